The maximum absolute atomic E-state index is 14.1. The lowest BCUT2D eigenvalue weighted by Crippen LogP contribution is -2.41. The van der Waals surface area contributed by atoms with Crippen molar-refractivity contribution < 1.29 is 28.2 Å². The first-order valence-electron chi connectivity index (χ1n) is 13.0. The molecule has 0 atom stereocenters. The summed E-state index contributed by atoms with van der Waals surface area (Å²) in [6.07, 6.45) is 2.26. The lowest BCUT2D eigenvalue weighted by molar-refractivity contribution is 0.0203. The zero-order valence-corrected chi connectivity index (χ0v) is 22.6. The molecule has 2 heterocycles. The molecule has 1 N–H and O–H groups in total. The molecule has 9 nitrogen and oxygen atoms in total. The summed E-state index contributed by atoms with van der Waals surface area (Å²) in [5.74, 6) is -1.35. The molecular formula is C29H33FN4O5. The van der Waals surface area contributed by atoms with Crippen LogP contribution in [0.25, 0.3) is 5.69 Å². The van der Waals surface area contributed by atoms with E-state index in [-0.39, 0.29) is 24.5 Å². The fourth-order valence-electron chi connectivity index (χ4n) is 4.50. The standard InChI is InChI=1S/C29H33FN4O5/c1-5-38-27(36)20-9-11-22(12-10-20)32-26(35)24-18-31-34(23-8-6-7-21(30)17-23)25(24)19-13-15-33(16-14-19)28(37)39-29(2,3)4/h6-12,17-19H,5,13-16H2,1-4H3,(H,32,35). The Balaban J connectivity index is 1.58. The van der Waals surface area contributed by atoms with Crippen LogP contribution in [0.3, 0.4) is 0 Å². The van der Waals surface area contributed by atoms with Crippen LogP contribution in [-0.4, -0.2) is 57.9 Å². The average Bonchev–Trinajstić information content (AvgIpc) is 3.34. The van der Waals surface area contributed by atoms with Crippen LogP contribution in [-0.2, 0) is 9.47 Å². The lowest BCUT2D eigenvalue weighted by atomic mass is 9.90. The van der Waals surface area contributed by atoms with Crippen LogP contribution in [0, 0.1) is 5.82 Å². The zero-order chi connectivity index (χ0) is 28.2. The number of aromatic nitrogens is 2. The van der Waals surface area contributed by atoms with E-state index >= 15 is 0 Å². The maximum atomic E-state index is 14.1. The van der Waals surface area contributed by atoms with Gasteiger partial charge in [-0.1, -0.05) is 6.07 Å². The Labute approximate surface area is 226 Å². The van der Waals surface area contributed by atoms with E-state index in [1.165, 1.54) is 18.3 Å². The highest BCUT2D eigenvalue weighted by Gasteiger charge is 2.32. The van der Waals surface area contributed by atoms with Gasteiger partial charge in [-0.15, -0.1) is 0 Å². The molecule has 2 amide bonds. The van der Waals surface area contributed by atoms with Gasteiger partial charge in [-0.25, -0.2) is 18.7 Å². The summed E-state index contributed by atoms with van der Waals surface area (Å²) in [7, 11) is 0. The van der Waals surface area contributed by atoms with Gasteiger partial charge in [-0.05, 0) is 83.0 Å². The monoisotopic (exact) mass is 536 g/mol. The van der Waals surface area contributed by atoms with E-state index in [0.717, 1.165) is 0 Å². The quantitative estimate of drug-likeness (QED) is 0.414. The van der Waals surface area contributed by atoms with E-state index in [9.17, 15) is 18.8 Å². The number of nitrogens with one attached hydrogen (secondary N) is 1. The number of carbonyl (C=O) groups excluding carboxylic acids is 3. The van der Waals surface area contributed by atoms with Gasteiger partial charge in [0.2, 0.25) is 0 Å². The summed E-state index contributed by atoms with van der Waals surface area (Å²) < 4.78 is 26.2. The van der Waals surface area contributed by atoms with Gasteiger partial charge in [0.25, 0.3) is 5.91 Å². The second-order valence-electron chi connectivity index (χ2n) is 10.3. The minimum Gasteiger partial charge on any atom is -0.462 e. The lowest BCUT2D eigenvalue weighted by Gasteiger charge is -2.34. The first-order valence-corrected chi connectivity index (χ1v) is 13.0. The second-order valence-corrected chi connectivity index (χ2v) is 10.3. The van der Waals surface area contributed by atoms with Gasteiger partial charge in [0.1, 0.15) is 11.4 Å². The van der Waals surface area contributed by atoms with Crippen LogP contribution >= 0.6 is 0 Å². The Bertz CT molecular complexity index is 1340. The van der Waals surface area contributed by atoms with Crippen molar-refractivity contribution in [3.05, 3.63) is 77.4 Å². The molecule has 0 aliphatic carbocycles. The molecule has 1 aliphatic rings. The van der Waals surface area contributed by atoms with Crippen LogP contribution in [0.2, 0.25) is 0 Å². The summed E-state index contributed by atoms with van der Waals surface area (Å²) >= 11 is 0. The smallest absolute Gasteiger partial charge is 0.410 e. The molecule has 0 bridgehead atoms. The van der Waals surface area contributed by atoms with Crippen molar-refractivity contribution in [2.24, 2.45) is 0 Å². The van der Waals surface area contributed by atoms with E-state index < -0.39 is 17.4 Å². The van der Waals surface area contributed by atoms with E-state index in [4.69, 9.17) is 9.47 Å². The predicted molar refractivity (Wildman–Crippen MR) is 144 cm³/mol. The Morgan fingerprint density at radius 2 is 1.77 bits per heavy atom. The Morgan fingerprint density at radius 1 is 1.08 bits per heavy atom. The average molecular weight is 537 g/mol. The van der Waals surface area contributed by atoms with Gasteiger partial charge in [-0.2, -0.15) is 5.10 Å². The van der Waals surface area contributed by atoms with Crippen molar-refractivity contribution in [2.75, 3.05) is 25.0 Å². The van der Waals surface area contributed by atoms with E-state index in [1.54, 1.807) is 52.9 Å². The molecule has 2 aromatic carbocycles. The number of halogens is 1. The third-order valence-electron chi connectivity index (χ3n) is 6.29. The van der Waals surface area contributed by atoms with Gasteiger partial charge in [-0.3, -0.25) is 4.79 Å². The van der Waals surface area contributed by atoms with Crippen LogP contribution in [0.5, 0.6) is 0 Å². The zero-order valence-electron chi connectivity index (χ0n) is 22.6. The van der Waals surface area contributed by atoms with Crippen LogP contribution in [0.4, 0.5) is 14.9 Å². The van der Waals surface area contributed by atoms with Crippen molar-refractivity contribution in [3.63, 3.8) is 0 Å². The largest absolute Gasteiger partial charge is 0.462 e. The number of ether oxygens (including phenoxy) is 2. The Hall–Kier alpha value is -4.21. The van der Waals surface area contributed by atoms with Crippen molar-refractivity contribution >= 4 is 23.7 Å². The summed E-state index contributed by atoms with van der Waals surface area (Å²) in [5, 5.41) is 7.31. The summed E-state index contributed by atoms with van der Waals surface area (Å²) in [4.78, 5) is 39.6. The summed E-state index contributed by atoms with van der Waals surface area (Å²) in [5.41, 5.74) is 1.78. The number of hydrogen-bond donors (Lipinski definition) is 1. The minimum atomic E-state index is -0.594. The molecule has 1 aliphatic heterocycles. The number of likely N-dealkylation sites (tertiary alicyclic amines) is 1. The number of esters is 1. The molecule has 206 valence electrons. The Morgan fingerprint density at radius 3 is 2.38 bits per heavy atom. The number of anilines is 1. The van der Waals surface area contributed by atoms with Crippen molar-refractivity contribution in [1.29, 1.82) is 0 Å². The SMILES string of the molecule is CCOC(=O)c1ccc(NC(=O)c2cnn(-c3cccc(F)c3)c2C2CCN(C(=O)OC(C)(C)C)CC2)cc1. The van der Waals surface area contributed by atoms with Crippen LogP contribution < -0.4 is 5.32 Å². The molecular weight excluding hydrogens is 503 g/mol. The highest BCUT2D eigenvalue weighted by atomic mass is 19.1. The normalized spacial score (nSPS) is 14.1. The summed E-state index contributed by atoms with van der Waals surface area (Å²) in [6, 6.07) is 12.4. The minimum absolute atomic E-state index is 0.110. The fraction of sp³-hybridized carbons (Fsp3) is 0.379. The van der Waals surface area contributed by atoms with E-state index in [0.29, 0.717) is 54.1 Å². The number of hydrogen-bond acceptors (Lipinski definition) is 6. The number of rotatable bonds is 6. The van der Waals surface area contributed by atoms with E-state index in [1.807, 2.05) is 20.8 Å². The Kier molecular flexibility index (Phi) is 8.32. The highest BCUT2D eigenvalue weighted by Crippen LogP contribution is 2.33. The number of nitrogens with zero attached hydrogens (tertiary/aromatic N) is 3. The molecule has 1 aromatic heterocycles. The summed E-state index contributed by atoms with van der Waals surface area (Å²) in [6.45, 7) is 8.37. The molecule has 1 saturated heterocycles. The van der Waals surface area contributed by atoms with Gasteiger partial charge in [0.05, 0.1) is 35.3 Å². The molecule has 0 saturated carbocycles. The van der Waals surface area contributed by atoms with Gasteiger partial charge in [0.15, 0.2) is 0 Å². The first kappa shape index (κ1) is 27.8. The predicted octanol–water partition coefficient (Wildman–Crippen LogP) is 5.55. The van der Waals surface area contributed by atoms with Crippen LogP contribution in [0.15, 0.2) is 54.7 Å². The molecule has 1 fully saturated rings. The molecule has 39 heavy (non-hydrogen) atoms. The van der Waals surface area contributed by atoms with E-state index in [2.05, 4.69) is 10.4 Å². The number of benzene rings is 2. The number of carbonyl (C=O) groups is 3. The van der Waals surface area contributed by atoms with Gasteiger partial charge < -0.3 is 19.7 Å². The van der Waals surface area contributed by atoms with Crippen LogP contribution in [0.1, 0.15) is 72.9 Å². The molecule has 0 unspecified atom stereocenters. The third kappa shape index (κ3) is 6.81. The van der Waals surface area contributed by atoms with Gasteiger partial charge in [0, 0.05) is 24.7 Å². The third-order valence-corrected chi connectivity index (χ3v) is 6.29. The van der Waals surface area contributed by atoms with Crippen molar-refractivity contribution in [3.8, 4) is 5.69 Å². The fourth-order valence-corrected chi connectivity index (χ4v) is 4.50. The molecule has 0 spiro atoms. The van der Waals surface area contributed by atoms with Gasteiger partial charge >= 0.3 is 12.1 Å². The second kappa shape index (κ2) is 11.7. The molecule has 3 aromatic rings. The number of piperidine rings is 1. The topological polar surface area (TPSA) is 103 Å². The van der Waals surface area contributed by atoms with Crippen molar-refractivity contribution in [1.82, 2.24) is 14.7 Å². The maximum Gasteiger partial charge on any atom is 0.410 e. The molecule has 0 radical (unpaired) electrons. The number of amides is 2. The first-order chi connectivity index (χ1) is 18.6. The molecule has 10 heteroatoms. The molecule has 4 rings (SSSR count). The highest BCUT2D eigenvalue weighted by molar-refractivity contribution is 6.05. The van der Waals surface area contributed by atoms with Crippen molar-refractivity contribution in [2.45, 2.75) is 52.1 Å².